The number of allylic oxidation sites excluding steroid dienone is 3. The number of nitrogens with one attached hydrogen (secondary N) is 1. The summed E-state index contributed by atoms with van der Waals surface area (Å²) in [5, 5.41) is 0. The molecule has 0 aliphatic carbocycles. The van der Waals surface area contributed by atoms with Gasteiger partial charge in [0.15, 0.2) is 0 Å². The van der Waals surface area contributed by atoms with Crippen LogP contribution in [0.5, 0.6) is 0 Å². The fourth-order valence-corrected chi connectivity index (χ4v) is 1.29. The molecule has 0 heterocycles. The molecule has 5 heteroatoms. The summed E-state index contributed by atoms with van der Waals surface area (Å²) in [6.45, 7) is 3.60. The summed E-state index contributed by atoms with van der Waals surface area (Å²) >= 11 is 0. The van der Waals surface area contributed by atoms with Crippen molar-refractivity contribution in [3.8, 4) is 0 Å². The van der Waals surface area contributed by atoms with Crippen LogP contribution in [-0.2, 0) is 14.5 Å². The lowest BCUT2D eigenvalue weighted by Gasteiger charge is -2.07. The molecular weight excluding hydrogens is 190 g/mol. The van der Waals surface area contributed by atoms with Gasteiger partial charge < -0.3 is 0 Å². The van der Waals surface area contributed by atoms with E-state index in [1.165, 1.54) is 0 Å². The normalized spacial score (nSPS) is 15.6. The maximum atomic E-state index is 10.9. The fraction of sp³-hybridized carbons (Fsp3) is 0.500. The Hall–Kier alpha value is -0.650. The summed E-state index contributed by atoms with van der Waals surface area (Å²) in [7, 11) is -2.47. The lowest BCUT2D eigenvalue weighted by molar-refractivity contribution is 0.384. The van der Waals surface area contributed by atoms with Crippen molar-refractivity contribution >= 4 is 10.3 Å². The monoisotopic (exact) mass is 205 g/mol. The summed E-state index contributed by atoms with van der Waals surface area (Å²) in [5.74, 6) is 0. The van der Waals surface area contributed by atoms with Crippen molar-refractivity contribution in [3.05, 3.63) is 24.3 Å². The molecule has 0 aromatic rings. The van der Waals surface area contributed by atoms with Gasteiger partial charge in [-0.15, -0.1) is 0 Å². The van der Waals surface area contributed by atoms with E-state index in [9.17, 15) is 8.42 Å². The molecule has 0 saturated carbocycles. The Morgan fingerprint density at radius 2 is 2.00 bits per heavy atom. The van der Waals surface area contributed by atoms with Gasteiger partial charge >= 0.3 is 10.3 Å². The molecule has 0 aliphatic heterocycles. The predicted molar refractivity (Wildman–Crippen MR) is 52.5 cm³/mol. The molecule has 0 radical (unpaired) electrons. The molecule has 0 rings (SSSR count). The molecule has 0 spiro atoms. The van der Waals surface area contributed by atoms with Crippen LogP contribution < -0.4 is 4.72 Å². The summed E-state index contributed by atoms with van der Waals surface area (Å²) in [6, 6.07) is -0.277. The average molecular weight is 205 g/mol. The van der Waals surface area contributed by atoms with Gasteiger partial charge in [-0.1, -0.05) is 24.3 Å². The second kappa shape index (κ2) is 5.90. The standard InChI is InChI=1S/C8H15NO3S/c1-4-5-6-7-8(2)9-13(10,11)12-3/h4-9H,1-3H3/b5-4+,7-6+. The molecule has 0 aromatic heterocycles. The van der Waals surface area contributed by atoms with Gasteiger partial charge in [-0.3, -0.25) is 4.18 Å². The molecule has 0 amide bonds. The van der Waals surface area contributed by atoms with Gasteiger partial charge in [0, 0.05) is 6.04 Å². The van der Waals surface area contributed by atoms with Crippen LogP contribution in [0, 0.1) is 0 Å². The van der Waals surface area contributed by atoms with Crippen molar-refractivity contribution in [2.75, 3.05) is 7.11 Å². The molecule has 1 N–H and O–H groups in total. The molecule has 0 aromatic carbocycles. The fourth-order valence-electron chi connectivity index (χ4n) is 0.657. The van der Waals surface area contributed by atoms with Crippen LogP contribution in [-0.4, -0.2) is 21.6 Å². The van der Waals surface area contributed by atoms with E-state index < -0.39 is 10.3 Å². The molecule has 0 saturated heterocycles. The quantitative estimate of drug-likeness (QED) is 0.681. The third-order valence-corrected chi connectivity index (χ3v) is 2.35. The van der Waals surface area contributed by atoms with Gasteiger partial charge in [0.25, 0.3) is 0 Å². The van der Waals surface area contributed by atoms with E-state index in [2.05, 4.69) is 8.91 Å². The van der Waals surface area contributed by atoms with Crippen molar-refractivity contribution in [1.82, 2.24) is 4.72 Å². The zero-order chi connectivity index (χ0) is 10.3. The number of hydrogen-bond acceptors (Lipinski definition) is 3. The summed E-state index contributed by atoms with van der Waals surface area (Å²) < 4.78 is 28.2. The van der Waals surface area contributed by atoms with Crippen LogP contribution in [0.15, 0.2) is 24.3 Å². The van der Waals surface area contributed by atoms with E-state index in [1.54, 1.807) is 19.1 Å². The first-order valence-electron chi connectivity index (χ1n) is 3.89. The predicted octanol–water partition coefficient (Wildman–Crippen LogP) is 0.988. The van der Waals surface area contributed by atoms with Crippen molar-refractivity contribution in [2.45, 2.75) is 19.9 Å². The van der Waals surface area contributed by atoms with Crippen LogP contribution in [0.25, 0.3) is 0 Å². The number of hydrogen-bond donors (Lipinski definition) is 1. The highest BCUT2D eigenvalue weighted by Crippen LogP contribution is 1.91. The minimum atomic E-state index is -3.58. The van der Waals surface area contributed by atoms with E-state index in [1.807, 2.05) is 19.1 Å². The summed E-state index contributed by atoms with van der Waals surface area (Å²) in [5.41, 5.74) is 0. The Balaban J connectivity index is 4.09. The van der Waals surface area contributed by atoms with Crippen LogP contribution >= 0.6 is 0 Å². The highest BCUT2D eigenvalue weighted by molar-refractivity contribution is 7.84. The first kappa shape index (κ1) is 12.3. The first-order valence-corrected chi connectivity index (χ1v) is 5.30. The van der Waals surface area contributed by atoms with E-state index >= 15 is 0 Å². The zero-order valence-corrected chi connectivity index (χ0v) is 8.84. The van der Waals surface area contributed by atoms with Crippen LogP contribution in [0.1, 0.15) is 13.8 Å². The van der Waals surface area contributed by atoms with Gasteiger partial charge in [0.2, 0.25) is 0 Å². The molecule has 1 atom stereocenters. The lowest BCUT2D eigenvalue weighted by Crippen LogP contribution is -2.31. The molecular formula is C8H15NO3S. The Morgan fingerprint density at radius 3 is 2.46 bits per heavy atom. The highest BCUT2D eigenvalue weighted by Gasteiger charge is 2.09. The second-order valence-corrected chi connectivity index (χ2v) is 3.92. The van der Waals surface area contributed by atoms with Gasteiger partial charge in [-0.25, -0.2) is 0 Å². The van der Waals surface area contributed by atoms with Crippen LogP contribution in [0.4, 0.5) is 0 Å². The smallest absolute Gasteiger partial charge is 0.261 e. The zero-order valence-electron chi connectivity index (χ0n) is 8.02. The SMILES string of the molecule is C/C=C/C=C/C(C)NS(=O)(=O)OC. The Labute approximate surface area is 79.5 Å². The van der Waals surface area contributed by atoms with Crippen molar-refractivity contribution in [3.63, 3.8) is 0 Å². The Morgan fingerprint density at radius 1 is 1.38 bits per heavy atom. The Kier molecular flexibility index (Phi) is 5.61. The number of rotatable bonds is 5. The molecule has 0 bridgehead atoms. The third kappa shape index (κ3) is 6.51. The van der Waals surface area contributed by atoms with Crippen molar-refractivity contribution < 1.29 is 12.6 Å². The van der Waals surface area contributed by atoms with Crippen LogP contribution in [0.2, 0.25) is 0 Å². The topological polar surface area (TPSA) is 55.4 Å². The minimum Gasteiger partial charge on any atom is -0.261 e. The van der Waals surface area contributed by atoms with Gasteiger partial charge in [0.05, 0.1) is 7.11 Å². The Bertz CT molecular complexity index is 280. The van der Waals surface area contributed by atoms with E-state index in [-0.39, 0.29) is 6.04 Å². The van der Waals surface area contributed by atoms with E-state index in [0.29, 0.717) is 0 Å². The summed E-state index contributed by atoms with van der Waals surface area (Å²) in [6.07, 6.45) is 7.16. The lowest BCUT2D eigenvalue weighted by atomic mass is 10.3. The highest BCUT2D eigenvalue weighted by atomic mass is 32.2. The molecule has 76 valence electrons. The maximum absolute atomic E-state index is 10.9. The van der Waals surface area contributed by atoms with Gasteiger partial charge in [-0.05, 0) is 13.8 Å². The molecule has 1 unspecified atom stereocenters. The molecule has 4 nitrogen and oxygen atoms in total. The van der Waals surface area contributed by atoms with Gasteiger partial charge in [-0.2, -0.15) is 13.1 Å². The molecule has 0 aliphatic rings. The van der Waals surface area contributed by atoms with Gasteiger partial charge in [0.1, 0.15) is 0 Å². The minimum absolute atomic E-state index is 0.277. The van der Waals surface area contributed by atoms with E-state index in [4.69, 9.17) is 0 Å². The average Bonchev–Trinajstić information content (AvgIpc) is 2.04. The maximum Gasteiger partial charge on any atom is 0.336 e. The third-order valence-electron chi connectivity index (χ3n) is 1.25. The van der Waals surface area contributed by atoms with Crippen LogP contribution in [0.3, 0.4) is 0 Å². The van der Waals surface area contributed by atoms with Crippen molar-refractivity contribution in [2.24, 2.45) is 0 Å². The molecule has 13 heavy (non-hydrogen) atoms. The molecule has 0 fully saturated rings. The largest absolute Gasteiger partial charge is 0.336 e. The first-order chi connectivity index (χ1) is 6.02. The second-order valence-electron chi connectivity index (χ2n) is 2.44. The van der Waals surface area contributed by atoms with Crippen molar-refractivity contribution in [1.29, 1.82) is 0 Å². The van der Waals surface area contributed by atoms with E-state index in [0.717, 1.165) is 7.11 Å². The summed E-state index contributed by atoms with van der Waals surface area (Å²) in [4.78, 5) is 0.